The quantitative estimate of drug-likeness (QED) is 0.556. The number of anilines is 1. The minimum Gasteiger partial charge on any atom is -0.482 e. The third-order valence-electron chi connectivity index (χ3n) is 3.44. The monoisotopic (exact) mass is 391 g/mol. The van der Waals surface area contributed by atoms with Gasteiger partial charge in [0, 0.05) is 18.2 Å². The van der Waals surface area contributed by atoms with Gasteiger partial charge in [0.1, 0.15) is 18.9 Å². The summed E-state index contributed by atoms with van der Waals surface area (Å²) in [7, 11) is 0. The lowest BCUT2D eigenvalue weighted by Gasteiger charge is -2.29. The Kier molecular flexibility index (Phi) is 6.20. The van der Waals surface area contributed by atoms with Crippen LogP contribution in [0.1, 0.15) is 6.92 Å². The summed E-state index contributed by atoms with van der Waals surface area (Å²) in [6.45, 7) is -1.19. The molecule has 27 heavy (non-hydrogen) atoms. The molecule has 0 bridgehead atoms. The molecule has 1 unspecified atom stereocenters. The minimum absolute atomic E-state index is 0.0663. The van der Waals surface area contributed by atoms with Crippen LogP contribution < -0.4 is 15.0 Å². The number of fused-ring (bicyclic) bond motifs is 1. The van der Waals surface area contributed by atoms with E-state index in [2.05, 4.69) is 10.1 Å². The number of nitro groups is 1. The smallest absolute Gasteiger partial charge is 0.411 e. The van der Waals surface area contributed by atoms with Crippen molar-refractivity contribution in [1.82, 2.24) is 5.32 Å². The Hall–Kier alpha value is -2.89. The highest BCUT2D eigenvalue weighted by molar-refractivity contribution is 6.02. The molecule has 0 saturated heterocycles. The molecule has 1 N–H and O–H groups in total. The van der Waals surface area contributed by atoms with Gasteiger partial charge in [-0.15, -0.1) is 0 Å². The van der Waals surface area contributed by atoms with Crippen molar-refractivity contribution >= 4 is 23.2 Å². The van der Waals surface area contributed by atoms with Crippen molar-refractivity contribution in [2.45, 2.75) is 19.1 Å². The van der Waals surface area contributed by atoms with E-state index in [-0.39, 0.29) is 30.3 Å². The Morgan fingerprint density at radius 1 is 1.48 bits per heavy atom. The largest absolute Gasteiger partial charge is 0.482 e. The van der Waals surface area contributed by atoms with E-state index in [1.165, 1.54) is 19.1 Å². The second-order valence-electron chi connectivity index (χ2n) is 5.78. The Morgan fingerprint density at radius 2 is 2.19 bits per heavy atom. The van der Waals surface area contributed by atoms with E-state index in [9.17, 15) is 32.9 Å². The maximum absolute atomic E-state index is 12.1. The number of nitro benzene ring substituents is 1. The molecule has 0 fully saturated rings. The third kappa shape index (κ3) is 5.81. The molecule has 1 aromatic rings. The number of hydrogen-bond acceptors (Lipinski definition) is 6. The first kappa shape index (κ1) is 20.4. The van der Waals surface area contributed by atoms with E-state index in [1.54, 1.807) is 0 Å². The van der Waals surface area contributed by atoms with Gasteiger partial charge in [0.05, 0.1) is 17.2 Å². The van der Waals surface area contributed by atoms with Crippen LogP contribution in [0.25, 0.3) is 0 Å². The fraction of sp³-hybridized carbons (Fsp3) is 0.467. The van der Waals surface area contributed by atoms with E-state index in [4.69, 9.17) is 4.74 Å². The molecule has 0 aliphatic carbocycles. The first-order valence-electron chi connectivity index (χ1n) is 7.72. The number of alkyl halides is 3. The van der Waals surface area contributed by atoms with Crippen LogP contribution >= 0.6 is 0 Å². The van der Waals surface area contributed by atoms with Crippen molar-refractivity contribution < 1.29 is 37.2 Å². The fourth-order valence-corrected chi connectivity index (χ4v) is 2.33. The normalized spacial score (nSPS) is 15.0. The number of carbonyl (C=O) groups is 2. The molecule has 1 aliphatic heterocycles. The van der Waals surface area contributed by atoms with Gasteiger partial charge in [0.25, 0.3) is 11.6 Å². The summed E-state index contributed by atoms with van der Waals surface area (Å²) in [6.07, 6.45) is -4.47. The summed E-state index contributed by atoms with van der Waals surface area (Å²) < 4.78 is 45.7. The second kappa shape index (κ2) is 8.20. The highest BCUT2D eigenvalue weighted by Crippen LogP contribution is 2.35. The summed E-state index contributed by atoms with van der Waals surface area (Å²) in [6, 6.07) is 2.89. The lowest BCUT2D eigenvalue weighted by molar-refractivity contribution is -0.384. The molecular formula is C15H16F3N3O6. The zero-order chi connectivity index (χ0) is 20.2. The second-order valence-corrected chi connectivity index (χ2v) is 5.78. The van der Waals surface area contributed by atoms with Crippen molar-refractivity contribution in [2.75, 3.05) is 31.3 Å². The molecule has 0 saturated carbocycles. The molecule has 1 heterocycles. The summed E-state index contributed by atoms with van der Waals surface area (Å²) >= 11 is 0. The highest BCUT2D eigenvalue weighted by Gasteiger charge is 2.30. The van der Waals surface area contributed by atoms with Gasteiger partial charge in [-0.3, -0.25) is 24.6 Å². The van der Waals surface area contributed by atoms with Crippen molar-refractivity contribution in [2.24, 2.45) is 0 Å². The number of nitrogens with zero attached hydrogens (tertiary/aromatic N) is 2. The zero-order valence-corrected chi connectivity index (χ0v) is 14.1. The van der Waals surface area contributed by atoms with Crippen LogP contribution in [-0.2, 0) is 14.3 Å². The summed E-state index contributed by atoms with van der Waals surface area (Å²) in [5.41, 5.74) is -0.219. The average Bonchev–Trinajstić information content (AvgIpc) is 2.55. The van der Waals surface area contributed by atoms with Crippen LogP contribution in [0, 0.1) is 10.1 Å². The van der Waals surface area contributed by atoms with Gasteiger partial charge in [-0.1, -0.05) is 0 Å². The third-order valence-corrected chi connectivity index (χ3v) is 3.44. The average molecular weight is 391 g/mol. The molecule has 1 aromatic carbocycles. The number of nitrogens with one attached hydrogen (secondary N) is 1. The van der Waals surface area contributed by atoms with E-state index in [0.717, 1.165) is 11.0 Å². The van der Waals surface area contributed by atoms with Gasteiger partial charge in [0.15, 0.2) is 6.61 Å². The van der Waals surface area contributed by atoms with Crippen LogP contribution in [-0.4, -0.2) is 55.3 Å². The maximum atomic E-state index is 12.1. The van der Waals surface area contributed by atoms with Crippen molar-refractivity contribution in [3.63, 3.8) is 0 Å². The van der Waals surface area contributed by atoms with Gasteiger partial charge >= 0.3 is 6.18 Å². The summed E-state index contributed by atoms with van der Waals surface area (Å²) in [5.74, 6) is -1.04. The van der Waals surface area contributed by atoms with E-state index < -0.39 is 42.1 Å². The molecule has 2 amide bonds. The number of carbonyl (C=O) groups excluding carboxylic acids is 2. The van der Waals surface area contributed by atoms with Crippen molar-refractivity contribution in [3.05, 3.63) is 28.3 Å². The van der Waals surface area contributed by atoms with Crippen LogP contribution in [0.3, 0.4) is 0 Å². The molecule has 9 nitrogen and oxygen atoms in total. The van der Waals surface area contributed by atoms with E-state index in [1.807, 2.05) is 0 Å². The maximum Gasteiger partial charge on any atom is 0.411 e. The molecule has 12 heteroatoms. The summed E-state index contributed by atoms with van der Waals surface area (Å²) in [5, 5.41) is 13.3. The van der Waals surface area contributed by atoms with Crippen LogP contribution in [0.5, 0.6) is 5.75 Å². The molecule has 0 aromatic heterocycles. The van der Waals surface area contributed by atoms with Crippen LogP contribution in [0.15, 0.2) is 18.2 Å². The molecule has 1 atom stereocenters. The van der Waals surface area contributed by atoms with Gasteiger partial charge in [0.2, 0.25) is 5.91 Å². The van der Waals surface area contributed by atoms with E-state index >= 15 is 0 Å². The van der Waals surface area contributed by atoms with Gasteiger partial charge in [-0.25, -0.2) is 0 Å². The predicted molar refractivity (Wildman–Crippen MR) is 85.4 cm³/mol. The van der Waals surface area contributed by atoms with Gasteiger partial charge < -0.3 is 14.8 Å². The predicted octanol–water partition coefficient (Wildman–Crippen LogP) is 1.40. The lowest BCUT2D eigenvalue weighted by Crippen LogP contribution is -2.47. The topological polar surface area (TPSA) is 111 Å². The number of benzene rings is 1. The number of hydrogen-bond donors (Lipinski definition) is 1. The minimum atomic E-state index is -4.47. The molecular weight excluding hydrogens is 375 g/mol. The van der Waals surface area contributed by atoms with Gasteiger partial charge in [-0.05, 0) is 13.0 Å². The number of halogens is 3. The fourth-order valence-electron chi connectivity index (χ4n) is 2.33. The Balaban J connectivity index is 2.00. The van der Waals surface area contributed by atoms with Crippen LogP contribution in [0.2, 0.25) is 0 Å². The number of non-ortho nitro benzene ring substituents is 1. The number of amides is 2. The number of rotatable bonds is 7. The molecule has 0 spiro atoms. The van der Waals surface area contributed by atoms with Gasteiger partial charge in [-0.2, -0.15) is 13.2 Å². The first-order valence-corrected chi connectivity index (χ1v) is 7.72. The molecule has 2 rings (SSSR count). The van der Waals surface area contributed by atoms with Crippen LogP contribution in [0.4, 0.5) is 24.5 Å². The Labute approximate surface area is 151 Å². The van der Waals surface area contributed by atoms with E-state index in [0.29, 0.717) is 0 Å². The molecule has 148 valence electrons. The zero-order valence-electron chi connectivity index (χ0n) is 14.1. The number of ether oxygens (including phenoxy) is 2. The first-order chi connectivity index (χ1) is 12.6. The van der Waals surface area contributed by atoms with Crippen molar-refractivity contribution in [3.8, 4) is 5.75 Å². The highest BCUT2D eigenvalue weighted by atomic mass is 19.4. The SMILES string of the molecule is CC(COCC(F)(F)F)NC(=O)CN1C(=O)COc2ccc([N+](=O)[O-])cc21. The summed E-state index contributed by atoms with van der Waals surface area (Å²) in [4.78, 5) is 35.4. The molecule has 0 radical (unpaired) electrons. The Bertz CT molecular complexity index is 740. The molecule has 1 aliphatic rings. The Morgan fingerprint density at radius 3 is 2.81 bits per heavy atom. The van der Waals surface area contributed by atoms with Crippen molar-refractivity contribution in [1.29, 1.82) is 0 Å². The lowest BCUT2D eigenvalue weighted by atomic mass is 10.2. The standard InChI is InChI=1S/C15H16F3N3O6/c1-9(6-26-8-15(16,17)18)19-13(22)5-20-11-4-10(21(24)25)2-3-12(11)27-7-14(20)23/h2-4,9H,5-8H2,1H3,(H,19,22).